The van der Waals surface area contributed by atoms with E-state index in [1.807, 2.05) is 20.8 Å². The van der Waals surface area contributed by atoms with Crippen molar-refractivity contribution in [2.45, 2.75) is 46.1 Å². The van der Waals surface area contributed by atoms with E-state index in [9.17, 15) is 9.59 Å². The molecular weight excluding hydrogens is 216 g/mol. The zero-order valence-corrected chi connectivity index (χ0v) is 11.0. The van der Waals surface area contributed by atoms with Gasteiger partial charge in [-0.25, -0.2) is 0 Å². The van der Waals surface area contributed by atoms with Gasteiger partial charge in [0.2, 0.25) is 11.8 Å². The third-order valence-corrected chi connectivity index (χ3v) is 3.59. The molecule has 0 aromatic carbocycles. The van der Waals surface area contributed by atoms with Crippen LogP contribution in [0.25, 0.3) is 0 Å². The van der Waals surface area contributed by atoms with Crippen molar-refractivity contribution < 1.29 is 9.59 Å². The largest absolute Gasteiger partial charge is 0.345 e. The number of nitrogens with one attached hydrogen (secondary N) is 1. The maximum atomic E-state index is 12.0. The van der Waals surface area contributed by atoms with Crippen LogP contribution in [0, 0.1) is 11.3 Å². The lowest BCUT2D eigenvalue weighted by Gasteiger charge is -2.42. The van der Waals surface area contributed by atoms with Crippen LogP contribution in [0.15, 0.2) is 0 Å². The van der Waals surface area contributed by atoms with E-state index in [1.165, 1.54) is 12.8 Å². The van der Waals surface area contributed by atoms with E-state index in [4.69, 9.17) is 0 Å². The van der Waals surface area contributed by atoms with E-state index in [1.54, 1.807) is 4.90 Å². The van der Waals surface area contributed by atoms with Crippen LogP contribution in [0.2, 0.25) is 0 Å². The molecule has 2 amide bonds. The minimum Gasteiger partial charge on any atom is -0.345 e. The lowest BCUT2D eigenvalue weighted by atomic mass is 9.83. The Morgan fingerprint density at radius 3 is 2.47 bits per heavy atom. The molecule has 1 aliphatic carbocycles. The molecule has 2 aliphatic rings. The summed E-state index contributed by atoms with van der Waals surface area (Å²) in [5.74, 6) is 0.839. The van der Waals surface area contributed by atoms with Crippen molar-refractivity contribution in [1.82, 2.24) is 10.2 Å². The molecule has 0 aromatic heterocycles. The molecule has 1 atom stereocenters. The van der Waals surface area contributed by atoms with E-state index in [0.29, 0.717) is 0 Å². The van der Waals surface area contributed by atoms with Crippen molar-refractivity contribution >= 4 is 11.8 Å². The van der Waals surface area contributed by atoms with Crippen LogP contribution in [-0.2, 0) is 9.59 Å². The Labute approximate surface area is 103 Å². The van der Waals surface area contributed by atoms with Crippen LogP contribution in [0.3, 0.4) is 0 Å². The summed E-state index contributed by atoms with van der Waals surface area (Å²) in [7, 11) is 0. The number of amides is 2. The molecule has 0 radical (unpaired) electrons. The SMILES string of the molecule is CC(C)(C)C1C(=O)NCC(=O)N1CCC1CC1. The lowest BCUT2D eigenvalue weighted by Crippen LogP contribution is -2.62. The van der Waals surface area contributed by atoms with Crippen molar-refractivity contribution in [3.8, 4) is 0 Å². The average Bonchev–Trinajstić information content (AvgIpc) is 3.01. The van der Waals surface area contributed by atoms with E-state index < -0.39 is 0 Å². The van der Waals surface area contributed by atoms with Crippen LogP contribution in [0.4, 0.5) is 0 Å². The lowest BCUT2D eigenvalue weighted by molar-refractivity contribution is -0.150. The molecule has 1 saturated carbocycles. The molecule has 17 heavy (non-hydrogen) atoms. The van der Waals surface area contributed by atoms with Gasteiger partial charge in [0.1, 0.15) is 6.04 Å². The van der Waals surface area contributed by atoms with Gasteiger partial charge in [0, 0.05) is 6.54 Å². The van der Waals surface area contributed by atoms with Gasteiger partial charge in [0.25, 0.3) is 0 Å². The predicted molar refractivity (Wildman–Crippen MR) is 65.3 cm³/mol. The summed E-state index contributed by atoms with van der Waals surface area (Å²) in [5.41, 5.74) is -0.205. The molecule has 0 bridgehead atoms. The van der Waals surface area contributed by atoms with Crippen molar-refractivity contribution in [1.29, 1.82) is 0 Å². The second kappa shape index (κ2) is 4.31. The molecule has 96 valence electrons. The molecule has 1 N–H and O–H groups in total. The van der Waals surface area contributed by atoms with E-state index in [0.717, 1.165) is 18.9 Å². The zero-order chi connectivity index (χ0) is 12.6. The minimum absolute atomic E-state index is 0.00658. The van der Waals surface area contributed by atoms with Crippen molar-refractivity contribution in [2.75, 3.05) is 13.1 Å². The first-order valence-corrected chi connectivity index (χ1v) is 6.47. The standard InChI is InChI=1S/C13H22N2O2/c1-13(2,3)11-12(17)14-8-10(16)15(11)7-6-9-4-5-9/h9,11H,4-8H2,1-3H3,(H,14,17). The fourth-order valence-corrected chi connectivity index (χ4v) is 2.49. The van der Waals surface area contributed by atoms with Crippen molar-refractivity contribution in [3.63, 3.8) is 0 Å². The molecule has 4 nitrogen and oxygen atoms in total. The van der Waals surface area contributed by atoms with Gasteiger partial charge < -0.3 is 10.2 Å². The first kappa shape index (κ1) is 12.4. The first-order chi connectivity index (χ1) is 7.89. The normalized spacial score (nSPS) is 26.1. The van der Waals surface area contributed by atoms with Gasteiger partial charge in [-0.05, 0) is 17.8 Å². The monoisotopic (exact) mass is 238 g/mol. The Balaban J connectivity index is 2.09. The third-order valence-electron chi connectivity index (χ3n) is 3.59. The summed E-state index contributed by atoms with van der Waals surface area (Å²) in [6, 6.07) is -0.317. The van der Waals surface area contributed by atoms with Crippen LogP contribution < -0.4 is 5.32 Å². The highest BCUT2D eigenvalue weighted by Crippen LogP contribution is 2.34. The summed E-state index contributed by atoms with van der Waals surface area (Å²) in [5, 5.41) is 2.69. The number of rotatable bonds is 3. The molecule has 4 heteroatoms. The fourth-order valence-electron chi connectivity index (χ4n) is 2.49. The Kier molecular flexibility index (Phi) is 3.15. The maximum absolute atomic E-state index is 12.0. The number of carbonyl (C=O) groups is 2. The number of piperazine rings is 1. The van der Waals surface area contributed by atoms with E-state index in [-0.39, 0.29) is 29.8 Å². The third kappa shape index (κ3) is 2.79. The number of nitrogens with zero attached hydrogens (tertiary/aromatic N) is 1. The van der Waals surface area contributed by atoms with Crippen molar-refractivity contribution in [2.24, 2.45) is 11.3 Å². The highest BCUT2D eigenvalue weighted by atomic mass is 16.2. The first-order valence-electron chi connectivity index (χ1n) is 6.47. The Morgan fingerprint density at radius 2 is 1.94 bits per heavy atom. The molecule has 2 fully saturated rings. The van der Waals surface area contributed by atoms with Crippen LogP contribution in [-0.4, -0.2) is 35.8 Å². The summed E-state index contributed by atoms with van der Waals surface area (Å²) in [6.45, 7) is 6.94. The number of hydrogen-bond acceptors (Lipinski definition) is 2. The van der Waals surface area contributed by atoms with Gasteiger partial charge in [-0.2, -0.15) is 0 Å². The van der Waals surface area contributed by atoms with Gasteiger partial charge in [-0.1, -0.05) is 33.6 Å². The van der Waals surface area contributed by atoms with Gasteiger partial charge in [0.05, 0.1) is 6.54 Å². The van der Waals surface area contributed by atoms with Crippen LogP contribution in [0.1, 0.15) is 40.0 Å². The summed E-state index contributed by atoms with van der Waals surface area (Å²) in [4.78, 5) is 25.7. The number of carbonyl (C=O) groups excluding carboxylic acids is 2. The van der Waals surface area contributed by atoms with Crippen LogP contribution in [0.5, 0.6) is 0 Å². The molecular formula is C13H22N2O2. The van der Waals surface area contributed by atoms with Gasteiger partial charge in [-0.15, -0.1) is 0 Å². The average molecular weight is 238 g/mol. The smallest absolute Gasteiger partial charge is 0.243 e. The van der Waals surface area contributed by atoms with Gasteiger partial charge >= 0.3 is 0 Å². The fraction of sp³-hybridized carbons (Fsp3) is 0.846. The van der Waals surface area contributed by atoms with Gasteiger partial charge in [0.15, 0.2) is 0 Å². The van der Waals surface area contributed by atoms with Crippen molar-refractivity contribution in [3.05, 3.63) is 0 Å². The molecule has 2 rings (SSSR count). The summed E-state index contributed by atoms with van der Waals surface area (Å²) in [6.07, 6.45) is 3.62. The predicted octanol–water partition coefficient (Wildman–Crippen LogP) is 1.16. The summed E-state index contributed by atoms with van der Waals surface area (Å²) >= 11 is 0. The zero-order valence-electron chi connectivity index (χ0n) is 11.0. The topological polar surface area (TPSA) is 49.4 Å². The van der Waals surface area contributed by atoms with E-state index in [2.05, 4.69) is 5.32 Å². The Morgan fingerprint density at radius 1 is 1.29 bits per heavy atom. The Bertz CT molecular complexity index is 329. The quantitative estimate of drug-likeness (QED) is 0.802. The molecule has 1 heterocycles. The summed E-state index contributed by atoms with van der Waals surface area (Å²) < 4.78 is 0. The van der Waals surface area contributed by atoms with E-state index >= 15 is 0 Å². The molecule has 1 unspecified atom stereocenters. The molecule has 0 aromatic rings. The second-order valence-electron chi connectivity index (χ2n) is 6.31. The highest BCUT2D eigenvalue weighted by Gasteiger charge is 2.42. The molecule has 1 saturated heterocycles. The number of hydrogen-bond donors (Lipinski definition) is 1. The minimum atomic E-state index is -0.317. The molecule has 1 aliphatic heterocycles. The second-order valence-corrected chi connectivity index (χ2v) is 6.31. The highest BCUT2D eigenvalue weighted by molar-refractivity contribution is 5.95. The Hall–Kier alpha value is -1.06. The molecule has 0 spiro atoms. The van der Waals surface area contributed by atoms with Crippen LogP contribution >= 0.6 is 0 Å². The van der Waals surface area contributed by atoms with Gasteiger partial charge in [-0.3, -0.25) is 9.59 Å². The maximum Gasteiger partial charge on any atom is 0.243 e.